The summed E-state index contributed by atoms with van der Waals surface area (Å²) >= 11 is 3.55. The molecule has 0 aliphatic carbocycles. The van der Waals surface area contributed by atoms with E-state index in [1.165, 1.54) is 11.1 Å². The molecule has 2 aliphatic heterocycles. The third kappa shape index (κ3) is 3.19. The number of rotatable bonds is 2. The van der Waals surface area contributed by atoms with Crippen LogP contribution in [0.15, 0.2) is 35.1 Å². The number of hydrogen-bond donors (Lipinski definition) is 0. The van der Waals surface area contributed by atoms with Crippen molar-refractivity contribution in [2.24, 2.45) is 0 Å². The Bertz CT molecular complexity index is 703. The molecular formula is C17H19BrN4O. The Morgan fingerprint density at radius 3 is 2.52 bits per heavy atom. The van der Waals surface area contributed by atoms with Crippen LogP contribution in [0, 0.1) is 0 Å². The van der Waals surface area contributed by atoms with Crippen LogP contribution < -0.4 is 9.80 Å². The van der Waals surface area contributed by atoms with Crippen molar-refractivity contribution in [1.29, 1.82) is 0 Å². The van der Waals surface area contributed by atoms with Crippen LogP contribution in [0.3, 0.4) is 0 Å². The molecule has 23 heavy (non-hydrogen) atoms. The highest BCUT2D eigenvalue weighted by Crippen LogP contribution is 2.27. The molecule has 1 aromatic heterocycles. The van der Waals surface area contributed by atoms with E-state index in [4.69, 9.17) is 4.74 Å². The van der Waals surface area contributed by atoms with Gasteiger partial charge in [0.25, 0.3) is 0 Å². The molecule has 1 saturated heterocycles. The molecule has 0 N–H and O–H groups in total. The molecule has 0 saturated carbocycles. The third-order valence-electron chi connectivity index (χ3n) is 4.48. The van der Waals surface area contributed by atoms with E-state index in [2.05, 4.69) is 60.0 Å². The van der Waals surface area contributed by atoms with Crippen molar-refractivity contribution in [1.82, 2.24) is 9.97 Å². The van der Waals surface area contributed by atoms with Crippen molar-refractivity contribution in [2.75, 3.05) is 42.6 Å². The molecule has 5 nitrogen and oxygen atoms in total. The summed E-state index contributed by atoms with van der Waals surface area (Å²) in [5.74, 6) is 2.01. The van der Waals surface area contributed by atoms with Gasteiger partial charge in [-0.15, -0.1) is 0 Å². The van der Waals surface area contributed by atoms with Gasteiger partial charge in [-0.1, -0.05) is 22.0 Å². The Balaban J connectivity index is 1.55. The summed E-state index contributed by atoms with van der Waals surface area (Å²) in [6.45, 7) is 5.22. The van der Waals surface area contributed by atoms with Crippen LogP contribution in [-0.2, 0) is 17.7 Å². The van der Waals surface area contributed by atoms with Crippen LogP contribution in [0.5, 0.6) is 0 Å². The molecule has 0 atom stereocenters. The summed E-state index contributed by atoms with van der Waals surface area (Å²) in [5, 5.41) is 0. The molecule has 6 heteroatoms. The summed E-state index contributed by atoms with van der Waals surface area (Å²) in [4.78, 5) is 13.5. The number of nitrogens with zero attached hydrogens (tertiary/aromatic N) is 4. The van der Waals surface area contributed by atoms with Gasteiger partial charge < -0.3 is 14.5 Å². The average molecular weight is 375 g/mol. The van der Waals surface area contributed by atoms with Gasteiger partial charge in [0.2, 0.25) is 0 Å². The van der Waals surface area contributed by atoms with Gasteiger partial charge in [-0.3, -0.25) is 0 Å². The van der Waals surface area contributed by atoms with Gasteiger partial charge in [-0.25, -0.2) is 9.97 Å². The first kappa shape index (κ1) is 14.9. The molecule has 0 bridgehead atoms. The summed E-state index contributed by atoms with van der Waals surface area (Å²) in [6.07, 6.45) is 2.73. The molecule has 2 aromatic rings. The predicted octanol–water partition coefficient (Wildman–Crippen LogP) is 2.64. The largest absolute Gasteiger partial charge is 0.378 e. The third-order valence-corrected chi connectivity index (χ3v) is 4.97. The molecule has 3 heterocycles. The van der Waals surface area contributed by atoms with Gasteiger partial charge in [0.15, 0.2) is 0 Å². The number of ether oxygens (including phenoxy) is 1. The Kier molecular flexibility index (Phi) is 4.18. The number of halogens is 1. The Labute approximate surface area is 144 Å². The minimum absolute atomic E-state index is 0.769. The second-order valence-corrected chi connectivity index (χ2v) is 6.83. The van der Waals surface area contributed by atoms with Crippen LogP contribution in [0.4, 0.5) is 11.6 Å². The van der Waals surface area contributed by atoms with Crippen molar-refractivity contribution >= 4 is 27.6 Å². The van der Waals surface area contributed by atoms with Gasteiger partial charge in [0.1, 0.15) is 18.0 Å². The van der Waals surface area contributed by atoms with E-state index < -0.39 is 0 Å². The second kappa shape index (κ2) is 6.45. The fourth-order valence-electron chi connectivity index (χ4n) is 3.19. The molecule has 1 aromatic carbocycles. The van der Waals surface area contributed by atoms with E-state index in [-0.39, 0.29) is 0 Å². The zero-order valence-electron chi connectivity index (χ0n) is 12.9. The first-order valence-electron chi connectivity index (χ1n) is 7.96. The second-order valence-electron chi connectivity index (χ2n) is 5.92. The topological polar surface area (TPSA) is 41.5 Å². The van der Waals surface area contributed by atoms with Crippen molar-refractivity contribution < 1.29 is 4.74 Å². The molecule has 1 fully saturated rings. The zero-order valence-corrected chi connectivity index (χ0v) is 14.5. The molecular weight excluding hydrogens is 356 g/mol. The van der Waals surface area contributed by atoms with Crippen LogP contribution >= 0.6 is 15.9 Å². The van der Waals surface area contributed by atoms with Gasteiger partial charge >= 0.3 is 0 Å². The maximum absolute atomic E-state index is 5.42. The van der Waals surface area contributed by atoms with Crippen LogP contribution in [0.1, 0.15) is 11.1 Å². The standard InChI is InChI=1S/C17H19BrN4O/c18-15-2-1-14-11-22(4-3-13(14)9-15)17-10-16(19-12-20-17)21-5-7-23-8-6-21/h1-2,9-10,12H,3-8,11H2. The Morgan fingerprint density at radius 2 is 1.70 bits per heavy atom. The SMILES string of the molecule is Brc1ccc2c(c1)CCN(c1cc(N3CCOCC3)ncn1)C2. The predicted molar refractivity (Wildman–Crippen MR) is 94.0 cm³/mol. The minimum Gasteiger partial charge on any atom is -0.378 e. The summed E-state index contributed by atoms with van der Waals surface area (Å²) in [7, 11) is 0. The van der Waals surface area contributed by atoms with Crippen molar-refractivity contribution in [3.05, 3.63) is 46.2 Å². The van der Waals surface area contributed by atoms with E-state index in [9.17, 15) is 0 Å². The maximum atomic E-state index is 5.42. The Morgan fingerprint density at radius 1 is 0.913 bits per heavy atom. The zero-order chi connectivity index (χ0) is 15.6. The van der Waals surface area contributed by atoms with Crippen LogP contribution in [0.2, 0.25) is 0 Å². The average Bonchev–Trinajstić information content (AvgIpc) is 2.62. The molecule has 0 spiro atoms. The fraction of sp³-hybridized carbons (Fsp3) is 0.412. The van der Waals surface area contributed by atoms with Crippen molar-refractivity contribution in [3.63, 3.8) is 0 Å². The van der Waals surface area contributed by atoms with Crippen molar-refractivity contribution in [2.45, 2.75) is 13.0 Å². The maximum Gasteiger partial charge on any atom is 0.134 e. The van der Waals surface area contributed by atoms with Crippen LogP contribution in [0.25, 0.3) is 0 Å². The number of morpholine rings is 1. The normalized spacial score (nSPS) is 18.0. The first-order valence-corrected chi connectivity index (χ1v) is 8.76. The molecule has 120 valence electrons. The molecule has 2 aliphatic rings. The highest BCUT2D eigenvalue weighted by molar-refractivity contribution is 9.10. The summed E-state index contributed by atoms with van der Waals surface area (Å²) < 4.78 is 6.57. The first-order chi connectivity index (χ1) is 11.3. The lowest BCUT2D eigenvalue weighted by atomic mass is 10.00. The molecule has 4 rings (SSSR count). The van der Waals surface area contributed by atoms with E-state index in [0.717, 1.165) is 61.9 Å². The number of hydrogen-bond acceptors (Lipinski definition) is 5. The monoisotopic (exact) mass is 374 g/mol. The lowest BCUT2D eigenvalue weighted by molar-refractivity contribution is 0.122. The lowest BCUT2D eigenvalue weighted by Crippen LogP contribution is -2.37. The van der Waals surface area contributed by atoms with Gasteiger partial charge in [0, 0.05) is 36.7 Å². The number of benzene rings is 1. The van der Waals surface area contributed by atoms with Gasteiger partial charge in [0.05, 0.1) is 13.2 Å². The van der Waals surface area contributed by atoms with E-state index in [1.54, 1.807) is 6.33 Å². The van der Waals surface area contributed by atoms with Gasteiger partial charge in [-0.05, 0) is 29.7 Å². The number of anilines is 2. The minimum atomic E-state index is 0.769. The van der Waals surface area contributed by atoms with Crippen LogP contribution in [-0.4, -0.2) is 42.8 Å². The highest BCUT2D eigenvalue weighted by atomic mass is 79.9. The molecule has 0 radical (unpaired) electrons. The van der Waals surface area contributed by atoms with E-state index in [1.807, 2.05) is 0 Å². The van der Waals surface area contributed by atoms with E-state index >= 15 is 0 Å². The molecule has 0 unspecified atom stereocenters. The van der Waals surface area contributed by atoms with Crippen molar-refractivity contribution in [3.8, 4) is 0 Å². The number of aromatic nitrogens is 2. The molecule has 0 amide bonds. The lowest BCUT2D eigenvalue weighted by Gasteiger charge is -2.31. The number of fused-ring (bicyclic) bond motifs is 1. The summed E-state index contributed by atoms with van der Waals surface area (Å²) in [6, 6.07) is 8.65. The van der Waals surface area contributed by atoms with Gasteiger partial charge in [-0.2, -0.15) is 0 Å². The quantitative estimate of drug-likeness (QED) is 0.807. The summed E-state index contributed by atoms with van der Waals surface area (Å²) in [5.41, 5.74) is 2.81. The van der Waals surface area contributed by atoms with E-state index in [0.29, 0.717) is 0 Å². The smallest absolute Gasteiger partial charge is 0.134 e. The highest BCUT2D eigenvalue weighted by Gasteiger charge is 2.19. The Hall–Kier alpha value is -1.66. The fourth-order valence-corrected chi connectivity index (χ4v) is 3.60.